The Bertz CT molecular complexity index is 1220. The van der Waals surface area contributed by atoms with Crippen molar-refractivity contribution in [3.05, 3.63) is 64.0 Å². The Labute approximate surface area is 179 Å². The first-order chi connectivity index (χ1) is 14.3. The molecule has 1 aromatic heterocycles. The molecule has 0 aliphatic heterocycles. The summed E-state index contributed by atoms with van der Waals surface area (Å²) in [6, 6.07) is 13.4. The second kappa shape index (κ2) is 8.71. The number of carbonyl (C=O) groups is 2. The summed E-state index contributed by atoms with van der Waals surface area (Å²) in [5, 5.41) is 24.3. The van der Waals surface area contributed by atoms with E-state index in [1.165, 1.54) is 14.0 Å². The number of nitriles is 1. The van der Waals surface area contributed by atoms with E-state index in [9.17, 15) is 14.7 Å². The van der Waals surface area contributed by atoms with Gasteiger partial charge in [0.25, 0.3) is 11.8 Å². The van der Waals surface area contributed by atoms with Gasteiger partial charge in [-0.25, -0.2) is 0 Å². The number of carbonyl (C=O) groups excluding carboxylic acids is 2. The lowest BCUT2D eigenvalue weighted by molar-refractivity contribution is -0.112. The van der Waals surface area contributed by atoms with Crippen molar-refractivity contribution in [1.82, 2.24) is 0 Å². The van der Waals surface area contributed by atoms with E-state index >= 15 is 0 Å². The first-order valence-electron chi connectivity index (χ1n) is 8.62. The molecule has 3 aromatic rings. The lowest BCUT2D eigenvalue weighted by Crippen LogP contribution is -2.18. The van der Waals surface area contributed by atoms with Crippen LogP contribution in [-0.4, -0.2) is 24.0 Å². The Kier molecular flexibility index (Phi) is 6.09. The predicted molar refractivity (Wildman–Crippen MR) is 114 cm³/mol. The number of aliphatic hydroxyl groups is 1. The number of fused-ring (bicyclic) bond motifs is 1. The highest BCUT2D eigenvalue weighted by Crippen LogP contribution is 2.34. The van der Waals surface area contributed by atoms with Gasteiger partial charge in [0.05, 0.1) is 7.11 Å². The number of anilines is 2. The summed E-state index contributed by atoms with van der Waals surface area (Å²) in [4.78, 5) is 25.4. The number of aliphatic hydroxyl groups excluding tert-OH is 1. The van der Waals surface area contributed by atoms with Gasteiger partial charge in [-0.1, -0.05) is 22.0 Å². The van der Waals surface area contributed by atoms with Crippen molar-refractivity contribution in [2.45, 2.75) is 6.92 Å². The lowest BCUT2D eigenvalue weighted by Gasteiger charge is -2.08. The highest BCUT2D eigenvalue weighted by molar-refractivity contribution is 9.10. The van der Waals surface area contributed by atoms with Gasteiger partial charge < -0.3 is 24.9 Å². The molecule has 0 aliphatic carbocycles. The average Bonchev–Trinajstić information content (AvgIpc) is 3.06. The maximum atomic E-state index is 12.9. The van der Waals surface area contributed by atoms with Crippen LogP contribution in [0.15, 0.2) is 62.7 Å². The summed E-state index contributed by atoms with van der Waals surface area (Å²) < 4.78 is 11.5. The number of furan rings is 1. The van der Waals surface area contributed by atoms with Crippen LogP contribution in [-0.2, 0) is 4.79 Å². The lowest BCUT2D eigenvalue weighted by atomic mass is 10.2. The summed E-state index contributed by atoms with van der Waals surface area (Å²) in [6.07, 6.45) is 0. The van der Waals surface area contributed by atoms with Crippen molar-refractivity contribution < 1.29 is 23.8 Å². The van der Waals surface area contributed by atoms with Crippen molar-refractivity contribution in [1.29, 1.82) is 5.26 Å². The van der Waals surface area contributed by atoms with E-state index in [-0.39, 0.29) is 11.4 Å². The van der Waals surface area contributed by atoms with E-state index in [1.54, 1.807) is 48.5 Å². The molecular weight excluding hydrogens is 454 g/mol. The number of methoxy groups -OCH3 is 1. The van der Waals surface area contributed by atoms with Crippen LogP contribution >= 0.6 is 15.9 Å². The Hall–Kier alpha value is -3.77. The molecule has 8 nitrogen and oxygen atoms in total. The molecule has 2 amide bonds. The Morgan fingerprint density at radius 1 is 1.20 bits per heavy atom. The van der Waals surface area contributed by atoms with Gasteiger partial charge in [-0.05, 0) is 37.3 Å². The Balaban J connectivity index is 2.04. The first-order valence-corrected chi connectivity index (χ1v) is 9.42. The molecule has 3 rings (SSSR count). The zero-order valence-electron chi connectivity index (χ0n) is 15.9. The monoisotopic (exact) mass is 469 g/mol. The van der Waals surface area contributed by atoms with Gasteiger partial charge in [0.15, 0.2) is 5.57 Å². The second-order valence-corrected chi connectivity index (χ2v) is 7.07. The maximum absolute atomic E-state index is 12.9. The van der Waals surface area contributed by atoms with Gasteiger partial charge >= 0.3 is 0 Å². The maximum Gasteiger partial charge on any atom is 0.293 e. The number of ether oxygens (including phenoxy) is 1. The molecule has 30 heavy (non-hydrogen) atoms. The van der Waals surface area contributed by atoms with Crippen LogP contribution in [0.1, 0.15) is 17.5 Å². The molecule has 0 radical (unpaired) electrons. The zero-order valence-corrected chi connectivity index (χ0v) is 17.5. The molecule has 3 N–H and O–H groups in total. The predicted octanol–water partition coefficient (Wildman–Crippen LogP) is 4.75. The number of allylic oxidation sites excluding steroid dienone is 1. The number of rotatable bonds is 5. The molecule has 0 atom stereocenters. The van der Waals surface area contributed by atoms with Gasteiger partial charge in [0.2, 0.25) is 5.76 Å². The summed E-state index contributed by atoms with van der Waals surface area (Å²) in [5.41, 5.74) is 0.416. The number of hydrogen-bond acceptors (Lipinski definition) is 6. The SMILES string of the molecule is COc1cccc(NC(=O)c2oc3ccc(Br)cc3c2NC(=O)/C(C#N)=C(/C)O)c1. The molecule has 0 saturated carbocycles. The standard InChI is InChI=1S/C21H16BrN3O5/c1-11(26)16(10-23)20(27)25-18-15-8-12(22)6-7-17(15)30-19(18)21(28)24-13-4-3-5-14(9-13)29-2/h3-9,26H,1-2H3,(H,24,28)(H,25,27)/b16-11-. The Morgan fingerprint density at radius 3 is 2.63 bits per heavy atom. The van der Waals surface area contributed by atoms with Crippen LogP contribution < -0.4 is 15.4 Å². The highest BCUT2D eigenvalue weighted by Gasteiger charge is 2.24. The van der Waals surface area contributed by atoms with Crippen LogP contribution in [0.2, 0.25) is 0 Å². The molecule has 2 aromatic carbocycles. The summed E-state index contributed by atoms with van der Waals surface area (Å²) in [5.74, 6) is -1.53. The number of nitrogens with zero attached hydrogens (tertiary/aromatic N) is 1. The van der Waals surface area contributed by atoms with Gasteiger partial charge in [0, 0.05) is 21.6 Å². The fraction of sp³-hybridized carbons (Fsp3) is 0.0952. The fourth-order valence-electron chi connectivity index (χ4n) is 2.71. The van der Waals surface area contributed by atoms with Crippen molar-refractivity contribution in [3.8, 4) is 11.8 Å². The third-order valence-electron chi connectivity index (χ3n) is 4.12. The molecule has 0 bridgehead atoms. The summed E-state index contributed by atoms with van der Waals surface area (Å²) in [7, 11) is 1.51. The van der Waals surface area contributed by atoms with Crippen LogP contribution in [0.3, 0.4) is 0 Å². The average molecular weight is 470 g/mol. The summed E-state index contributed by atoms with van der Waals surface area (Å²) >= 11 is 3.34. The molecule has 1 heterocycles. The van der Waals surface area contributed by atoms with E-state index in [0.717, 1.165) is 0 Å². The van der Waals surface area contributed by atoms with Crippen LogP contribution in [0, 0.1) is 11.3 Å². The van der Waals surface area contributed by atoms with Crippen molar-refractivity contribution in [2.24, 2.45) is 0 Å². The molecular formula is C21H16BrN3O5. The molecule has 0 saturated heterocycles. The van der Waals surface area contributed by atoms with E-state index in [2.05, 4.69) is 26.6 Å². The molecule has 0 fully saturated rings. The number of benzene rings is 2. The molecule has 0 aliphatic rings. The summed E-state index contributed by atoms with van der Waals surface area (Å²) in [6.45, 7) is 1.22. The van der Waals surface area contributed by atoms with E-state index < -0.39 is 23.1 Å². The number of nitrogens with one attached hydrogen (secondary N) is 2. The van der Waals surface area contributed by atoms with Crippen molar-refractivity contribution >= 4 is 50.1 Å². The van der Waals surface area contributed by atoms with E-state index in [4.69, 9.17) is 14.4 Å². The van der Waals surface area contributed by atoms with Crippen molar-refractivity contribution in [3.63, 3.8) is 0 Å². The quantitative estimate of drug-likeness (QED) is 0.281. The minimum atomic E-state index is -0.865. The molecule has 0 spiro atoms. The fourth-order valence-corrected chi connectivity index (χ4v) is 3.08. The molecule has 0 unspecified atom stereocenters. The van der Waals surface area contributed by atoms with Gasteiger partial charge in [-0.15, -0.1) is 0 Å². The topological polar surface area (TPSA) is 125 Å². The van der Waals surface area contributed by atoms with Crippen LogP contribution in [0.25, 0.3) is 11.0 Å². The van der Waals surface area contributed by atoms with Gasteiger partial charge in [-0.3, -0.25) is 9.59 Å². The third kappa shape index (κ3) is 4.29. The number of amides is 2. The first kappa shape index (κ1) is 21.0. The zero-order chi connectivity index (χ0) is 21.8. The van der Waals surface area contributed by atoms with Gasteiger partial charge in [0.1, 0.15) is 28.8 Å². The highest BCUT2D eigenvalue weighted by atomic mass is 79.9. The minimum Gasteiger partial charge on any atom is -0.511 e. The van der Waals surface area contributed by atoms with Crippen molar-refractivity contribution in [2.75, 3.05) is 17.7 Å². The van der Waals surface area contributed by atoms with E-state index in [1.807, 2.05) is 0 Å². The number of halogens is 1. The smallest absolute Gasteiger partial charge is 0.293 e. The third-order valence-corrected chi connectivity index (χ3v) is 4.62. The largest absolute Gasteiger partial charge is 0.511 e. The minimum absolute atomic E-state index is 0.0747. The van der Waals surface area contributed by atoms with Crippen LogP contribution in [0.5, 0.6) is 5.75 Å². The Morgan fingerprint density at radius 2 is 1.97 bits per heavy atom. The van der Waals surface area contributed by atoms with E-state index in [0.29, 0.717) is 26.9 Å². The molecule has 152 valence electrons. The normalized spacial score (nSPS) is 11.4. The van der Waals surface area contributed by atoms with Gasteiger partial charge in [-0.2, -0.15) is 5.26 Å². The molecule has 9 heteroatoms. The van der Waals surface area contributed by atoms with Crippen LogP contribution in [0.4, 0.5) is 11.4 Å². The number of hydrogen-bond donors (Lipinski definition) is 3. The second-order valence-electron chi connectivity index (χ2n) is 6.16.